The number of para-hydroxylation sites is 1. The molecule has 0 spiro atoms. The number of rotatable bonds is 6. The first-order valence-corrected chi connectivity index (χ1v) is 8.16. The Morgan fingerprint density at radius 3 is 2.92 bits per heavy atom. The van der Waals surface area contributed by atoms with Gasteiger partial charge in [-0.2, -0.15) is 0 Å². The van der Waals surface area contributed by atoms with Gasteiger partial charge in [0.1, 0.15) is 5.76 Å². The Morgan fingerprint density at radius 1 is 1.36 bits per heavy atom. The highest BCUT2D eigenvalue weighted by atomic mass is 16.5. The Hall–Kier alpha value is -2.96. The van der Waals surface area contributed by atoms with Crippen LogP contribution in [0.1, 0.15) is 37.1 Å². The summed E-state index contributed by atoms with van der Waals surface area (Å²) in [6.45, 7) is 4.12. The van der Waals surface area contributed by atoms with Crippen molar-refractivity contribution in [1.29, 1.82) is 0 Å². The molecule has 2 N–H and O–H groups in total. The first kappa shape index (κ1) is 16.9. The lowest BCUT2D eigenvalue weighted by Crippen LogP contribution is -2.36. The second kappa shape index (κ2) is 7.29. The van der Waals surface area contributed by atoms with Crippen LogP contribution in [-0.4, -0.2) is 18.3 Å². The molecule has 1 aromatic carbocycles. The minimum absolute atomic E-state index is 0.277. The third-order valence-corrected chi connectivity index (χ3v) is 3.91. The molecule has 0 aliphatic carbocycles. The van der Waals surface area contributed by atoms with Crippen molar-refractivity contribution >= 4 is 17.0 Å². The molecule has 3 rings (SSSR count). The van der Waals surface area contributed by atoms with Crippen LogP contribution >= 0.6 is 0 Å². The minimum Gasteiger partial charge on any atom is -0.493 e. The van der Waals surface area contributed by atoms with Gasteiger partial charge < -0.3 is 24.3 Å². The zero-order valence-electron chi connectivity index (χ0n) is 14.5. The van der Waals surface area contributed by atoms with Crippen LogP contribution in [0.3, 0.4) is 0 Å². The maximum atomic E-state index is 12.1. The van der Waals surface area contributed by atoms with Gasteiger partial charge in [-0.15, -0.1) is 0 Å². The van der Waals surface area contributed by atoms with Crippen molar-refractivity contribution in [3.8, 4) is 5.75 Å². The Kier molecular flexibility index (Phi) is 4.92. The molecule has 0 saturated carbocycles. The molecule has 25 heavy (non-hydrogen) atoms. The molecule has 2 heterocycles. The quantitative estimate of drug-likeness (QED) is 0.714. The van der Waals surface area contributed by atoms with Crippen LogP contribution in [-0.2, 0) is 13.0 Å². The smallest absolute Gasteiger partial charge is 0.315 e. The van der Waals surface area contributed by atoms with Crippen molar-refractivity contribution in [3.05, 3.63) is 47.5 Å². The van der Waals surface area contributed by atoms with Crippen molar-refractivity contribution in [2.75, 3.05) is 7.11 Å². The molecule has 2 aromatic heterocycles. The number of nitrogens with zero attached hydrogens (tertiary/aromatic N) is 1. The molecule has 7 heteroatoms. The third kappa shape index (κ3) is 3.76. The summed E-state index contributed by atoms with van der Waals surface area (Å²) in [4.78, 5) is 12.1. The highest BCUT2D eigenvalue weighted by molar-refractivity contribution is 5.84. The summed E-state index contributed by atoms with van der Waals surface area (Å²) in [5, 5.41) is 10.4. The van der Waals surface area contributed by atoms with Gasteiger partial charge in [-0.25, -0.2) is 4.79 Å². The van der Waals surface area contributed by atoms with E-state index in [0.29, 0.717) is 22.9 Å². The molecule has 132 valence electrons. The molecule has 0 bridgehead atoms. The van der Waals surface area contributed by atoms with E-state index >= 15 is 0 Å². The number of hydrogen-bond donors (Lipinski definition) is 2. The lowest BCUT2D eigenvalue weighted by Gasteiger charge is -2.11. The maximum Gasteiger partial charge on any atom is 0.315 e. The minimum atomic E-state index is -0.311. The SMILES string of the molecule is CCc1cc(CNC(=O)NC(C)c2cc3cccc(OC)c3o2)on1. The predicted octanol–water partition coefficient (Wildman–Crippen LogP) is 3.55. The van der Waals surface area contributed by atoms with Gasteiger partial charge in [-0.3, -0.25) is 0 Å². The van der Waals surface area contributed by atoms with Gasteiger partial charge >= 0.3 is 6.03 Å². The van der Waals surface area contributed by atoms with E-state index in [1.807, 2.05) is 44.2 Å². The third-order valence-electron chi connectivity index (χ3n) is 3.91. The number of carbonyl (C=O) groups excluding carboxylic acids is 1. The molecular formula is C18H21N3O4. The number of benzene rings is 1. The van der Waals surface area contributed by atoms with Crippen molar-refractivity contribution < 1.29 is 18.5 Å². The molecule has 1 atom stereocenters. The van der Waals surface area contributed by atoms with E-state index in [4.69, 9.17) is 13.7 Å². The fourth-order valence-corrected chi connectivity index (χ4v) is 2.52. The van der Waals surface area contributed by atoms with Crippen molar-refractivity contribution in [3.63, 3.8) is 0 Å². The summed E-state index contributed by atoms with van der Waals surface area (Å²) in [5.74, 6) is 1.94. The predicted molar refractivity (Wildman–Crippen MR) is 92.4 cm³/mol. The fourth-order valence-electron chi connectivity index (χ4n) is 2.52. The van der Waals surface area contributed by atoms with E-state index < -0.39 is 0 Å². The number of hydrogen-bond acceptors (Lipinski definition) is 5. The normalized spacial score (nSPS) is 12.1. The molecule has 0 fully saturated rings. The van der Waals surface area contributed by atoms with Crippen LogP contribution in [0.5, 0.6) is 5.75 Å². The average molecular weight is 343 g/mol. The number of nitrogens with one attached hydrogen (secondary N) is 2. The zero-order chi connectivity index (χ0) is 17.8. The first-order valence-electron chi connectivity index (χ1n) is 8.16. The van der Waals surface area contributed by atoms with Crippen LogP contribution < -0.4 is 15.4 Å². The molecule has 2 amide bonds. The number of methoxy groups -OCH3 is 1. The van der Waals surface area contributed by atoms with Gasteiger partial charge in [-0.1, -0.05) is 24.2 Å². The van der Waals surface area contributed by atoms with Crippen LogP contribution in [0.15, 0.2) is 39.3 Å². The zero-order valence-corrected chi connectivity index (χ0v) is 14.5. The van der Waals surface area contributed by atoms with Crippen LogP contribution in [0, 0.1) is 0 Å². The maximum absolute atomic E-state index is 12.1. The van der Waals surface area contributed by atoms with Crippen LogP contribution in [0.2, 0.25) is 0 Å². The summed E-state index contributed by atoms with van der Waals surface area (Å²) in [6, 6.07) is 8.79. The monoisotopic (exact) mass is 343 g/mol. The van der Waals surface area contributed by atoms with E-state index in [2.05, 4.69) is 15.8 Å². The van der Waals surface area contributed by atoms with Gasteiger partial charge in [0.2, 0.25) is 0 Å². The Bertz CT molecular complexity index is 868. The molecule has 0 aliphatic rings. The van der Waals surface area contributed by atoms with Crippen molar-refractivity contribution in [2.45, 2.75) is 32.9 Å². The lowest BCUT2D eigenvalue weighted by molar-refractivity contribution is 0.234. The first-order chi connectivity index (χ1) is 12.1. The summed E-state index contributed by atoms with van der Waals surface area (Å²) >= 11 is 0. The van der Waals surface area contributed by atoms with Gasteiger partial charge in [-0.05, 0) is 25.5 Å². The Morgan fingerprint density at radius 2 is 2.20 bits per heavy atom. The largest absolute Gasteiger partial charge is 0.493 e. The highest BCUT2D eigenvalue weighted by Crippen LogP contribution is 2.30. The molecule has 0 radical (unpaired) electrons. The van der Waals surface area contributed by atoms with Crippen LogP contribution in [0.25, 0.3) is 11.0 Å². The standard InChI is InChI=1S/C18H21N3O4/c1-4-13-9-14(25-21-13)10-19-18(22)20-11(2)16-8-12-6-5-7-15(23-3)17(12)24-16/h5-9,11H,4,10H2,1-3H3,(H2,19,20,22). The second-order valence-electron chi connectivity index (χ2n) is 5.71. The highest BCUT2D eigenvalue weighted by Gasteiger charge is 2.16. The van der Waals surface area contributed by atoms with E-state index in [1.165, 1.54) is 0 Å². The molecule has 1 unspecified atom stereocenters. The number of aromatic nitrogens is 1. The van der Waals surface area contributed by atoms with E-state index in [0.717, 1.165) is 17.5 Å². The number of furan rings is 1. The Balaban J connectivity index is 1.61. The number of carbonyl (C=O) groups is 1. The van der Waals surface area contributed by atoms with Gasteiger partial charge in [0, 0.05) is 11.5 Å². The lowest BCUT2D eigenvalue weighted by atomic mass is 10.2. The molecular weight excluding hydrogens is 322 g/mol. The second-order valence-corrected chi connectivity index (χ2v) is 5.71. The van der Waals surface area contributed by atoms with Gasteiger partial charge in [0.25, 0.3) is 0 Å². The summed E-state index contributed by atoms with van der Waals surface area (Å²) in [6.07, 6.45) is 0.794. The number of amides is 2. The van der Waals surface area contributed by atoms with E-state index in [1.54, 1.807) is 7.11 Å². The van der Waals surface area contributed by atoms with Crippen molar-refractivity contribution in [1.82, 2.24) is 15.8 Å². The molecule has 3 aromatic rings. The average Bonchev–Trinajstić information content (AvgIpc) is 3.26. The number of urea groups is 1. The number of fused-ring (bicyclic) bond motifs is 1. The summed E-state index contributed by atoms with van der Waals surface area (Å²) < 4.78 is 16.3. The van der Waals surface area contributed by atoms with Gasteiger partial charge in [0.15, 0.2) is 17.1 Å². The van der Waals surface area contributed by atoms with E-state index in [-0.39, 0.29) is 18.6 Å². The van der Waals surface area contributed by atoms with Gasteiger partial charge in [0.05, 0.1) is 25.4 Å². The topological polar surface area (TPSA) is 89.5 Å². The molecule has 0 aliphatic heterocycles. The van der Waals surface area contributed by atoms with Crippen LogP contribution in [0.4, 0.5) is 4.79 Å². The summed E-state index contributed by atoms with van der Waals surface area (Å²) in [5.41, 5.74) is 1.53. The number of aryl methyl sites for hydroxylation is 1. The molecule has 7 nitrogen and oxygen atoms in total. The Labute approximate surface area is 145 Å². The fraction of sp³-hybridized carbons (Fsp3) is 0.333. The summed E-state index contributed by atoms with van der Waals surface area (Å²) in [7, 11) is 1.60. The molecule has 0 saturated heterocycles. The number of ether oxygens (including phenoxy) is 1. The van der Waals surface area contributed by atoms with Crippen molar-refractivity contribution in [2.24, 2.45) is 0 Å². The van der Waals surface area contributed by atoms with E-state index in [9.17, 15) is 4.79 Å².